The summed E-state index contributed by atoms with van der Waals surface area (Å²) in [6.07, 6.45) is 5.73. The van der Waals surface area contributed by atoms with E-state index in [1.54, 1.807) is 0 Å². The quantitative estimate of drug-likeness (QED) is 0.824. The van der Waals surface area contributed by atoms with E-state index < -0.39 is 0 Å². The van der Waals surface area contributed by atoms with Gasteiger partial charge in [0, 0.05) is 18.5 Å². The van der Waals surface area contributed by atoms with E-state index in [0.717, 1.165) is 6.42 Å². The SMILES string of the molecule is CC1COCC(C)N1C(=O)CC1CC2CCC(C1)N2. The standard InChI is InChI=1S/C15H26N2O2/c1-10-8-19-9-11(2)17(10)15(18)7-12-5-13-3-4-14(6-12)16-13/h10-14,16H,3-9H2,1-2H3. The van der Waals surface area contributed by atoms with Gasteiger partial charge in [0.15, 0.2) is 0 Å². The molecule has 3 fully saturated rings. The Morgan fingerprint density at radius 3 is 2.32 bits per heavy atom. The summed E-state index contributed by atoms with van der Waals surface area (Å²) in [6, 6.07) is 1.82. The molecule has 0 aromatic heterocycles. The summed E-state index contributed by atoms with van der Waals surface area (Å²) in [7, 11) is 0. The second-order valence-electron chi connectivity index (χ2n) is 6.72. The van der Waals surface area contributed by atoms with Gasteiger partial charge in [0.25, 0.3) is 0 Å². The number of carbonyl (C=O) groups is 1. The third kappa shape index (κ3) is 2.79. The number of rotatable bonds is 2. The van der Waals surface area contributed by atoms with E-state index in [9.17, 15) is 4.79 Å². The second kappa shape index (κ2) is 5.41. The zero-order valence-electron chi connectivity index (χ0n) is 12.1. The average molecular weight is 266 g/mol. The number of amides is 1. The maximum atomic E-state index is 12.6. The Bertz CT molecular complexity index is 325. The van der Waals surface area contributed by atoms with Gasteiger partial charge in [0.1, 0.15) is 0 Å². The molecule has 19 heavy (non-hydrogen) atoms. The first-order valence-corrected chi connectivity index (χ1v) is 7.78. The molecule has 1 amide bonds. The van der Waals surface area contributed by atoms with E-state index in [0.29, 0.717) is 37.1 Å². The van der Waals surface area contributed by atoms with Crippen LogP contribution in [0.4, 0.5) is 0 Å². The lowest BCUT2D eigenvalue weighted by molar-refractivity contribution is -0.145. The van der Waals surface area contributed by atoms with E-state index in [4.69, 9.17) is 4.74 Å². The lowest BCUT2D eigenvalue weighted by Crippen LogP contribution is -2.53. The molecule has 0 aromatic carbocycles. The van der Waals surface area contributed by atoms with Crippen molar-refractivity contribution in [3.63, 3.8) is 0 Å². The van der Waals surface area contributed by atoms with Crippen LogP contribution in [0.25, 0.3) is 0 Å². The number of hydrogen-bond acceptors (Lipinski definition) is 3. The van der Waals surface area contributed by atoms with Gasteiger partial charge in [-0.2, -0.15) is 0 Å². The molecule has 0 radical (unpaired) electrons. The highest BCUT2D eigenvalue weighted by molar-refractivity contribution is 5.77. The molecule has 0 aromatic rings. The largest absolute Gasteiger partial charge is 0.377 e. The normalized spacial score (nSPS) is 42.4. The number of hydrogen-bond donors (Lipinski definition) is 1. The molecule has 1 N–H and O–H groups in total. The molecule has 3 heterocycles. The van der Waals surface area contributed by atoms with Crippen molar-refractivity contribution in [3.05, 3.63) is 0 Å². The number of nitrogens with zero attached hydrogens (tertiary/aromatic N) is 1. The Hall–Kier alpha value is -0.610. The van der Waals surface area contributed by atoms with Crippen LogP contribution in [-0.4, -0.2) is 48.2 Å². The first-order chi connectivity index (χ1) is 9.13. The lowest BCUT2D eigenvalue weighted by atomic mass is 9.89. The van der Waals surface area contributed by atoms with Crippen LogP contribution in [0.1, 0.15) is 46.0 Å². The number of morpholine rings is 1. The monoisotopic (exact) mass is 266 g/mol. The predicted octanol–water partition coefficient (Wildman–Crippen LogP) is 1.54. The number of piperidine rings is 1. The van der Waals surface area contributed by atoms with Crippen molar-refractivity contribution in [3.8, 4) is 0 Å². The van der Waals surface area contributed by atoms with Crippen LogP contribution < -0.4 is 5.32 Å². The summed E-state index contributed by atoms with van der Waals surface area (Å²) >= 11 is 0. The second-order valence-corrected chi connectivity index (χ2v) is 6.72. The van der Waals surface area contributed by atoms with Crippen LogP contribution in [0.2, 0.25) is 0 Å². The zero-order valence-corrected chi connectivity index (χ0v) is 12.1. The molecule has 4 atom stereocenters. The van der Waals surface area contributed by atoms with Crippen LogP contribution in [0, 0.1) is 5.92 Å². The zero-order chi connectivity index (χ0) is 13.4. The molecule has 0 saturated carbocycles. The molecule has 4 nitrogen and oxygen atoms in total. The maximum absolute atomic E-state index is 12.6. The highest BCUT2D eigenvalue weighted by atomic mass is 16.5. The van der Waals surface area contributed by atoms with Gasteiger partial charge in [0.05, 0.1) is 25.3 Å². The molecule has 4 heteroatoms. The molecule has 3 rings (SSSR count). The van der Waals surface area contributed by atoms with Gasteiger partial charge in [-0.05, 0) is 45.4 Å². The van der Waals surface area contributed by atoms with Crippen LogP contribution in [0.3, 0.4) is 0 Å². The molecule has 0 spiro atoms. The van der Waals surface area contributed by atoms with Crippen molar-refractivity contribution >= 4 is 5.91 Å². The minimum atomic E-state index is 0.231. The first-order valence-electron chi connectivity index (χ1n) is 7.78. The van der Waals surface area contributed by atoms with Crippen molar-refractivity contribution in [2.45, 2.75) is 70.1 Å². The Morgan fingerprint density at radius 1 is 1.16 bits per heavy atom. The number of nitrogens with one attached hydrogen (secondary N) is 1. The van der Waals surface area contributed by atoms with Crippen molar-refractivity contribution < 1.29 is 9.53 Å². The molecule has 2 bridgehead atoms. The maximum Gasteiger partial charge on any atom is 0.223 e. The van der Waals surface area contributed by atoms with E-state index in [1.807, 2.05) is 0 Å². The average Bonchev–Trinajstić information content (AvgIpc) is 2.68. The minimum absolute atomic E-state index is 0.231. The lowest BCUT2D eigenvalue weighted by Gasteiger charge is -2.40. The molecule has 3 saturated heterocycles. The minimum Gasteiger partial charge on any atom is -0.377 e. The number of ether oxygens (including phenoxy) is 1. The molecular formula is C15H26N2O2. The number of carbonyl (C=O) groups excluding carboxylic acids is 1. The van der Waals surface area contributed by atoms with Crippen molar-refractivity contribution in [2.24, 2.45) is 5.92 Å². The Labute approximate surface area is 115 Å². The molecule has 4 unspecified atom stereocenters. The van der Waals surface area contributed by atoms with Gasteiger partial charge in [0.2, 0.25) is 5.91 Å². The fourth-order valence-corrected chi connectivity index (χ4v) is 4.19. The van der Waals surface area contributed by atoms with Gasteiger partial charge in [-0.15, -0.1) is 0 Å². The van der Waals surface area contributed by atoms with Crippen LogP contribution in [0.15, 0.2) is 0 Å². The fourth-order valence-electron chi connectivity index (χ4n) is 4.19. The van der Waals surface area contributed by atoms with Gasteiger partial charge >= 0.3 is 0 Å². The Morgan fingerprint density at radius 2 is 1.74 bits per heavy atom. The molecule has 3 aliphatic heterocycles. The van der Waals surface area contributed by atoms with Gasteiger partial charge in [-0.1, -0.05) is 0 Å². The van der Waals surface area contributed by atoms with Gasteiger partial charge < -0.3 is 15.0 Å². The highest BCUT2D eigenvalue weighted by Gasteiger charge is 2.36. The van der Waals surface area contributed by atoms with E-state index in [-0.39, 0.29) is 12.1 Å². The summed E-state index contributed by atoms with van der Waals surface area (Å²) in [5, 5.41) is 3.65. The Kier molecular flexibility index (Phi) is 3.81. The van der Waals surface area contributed by atoms with Crippen molar-refractivity contribution in [1.82, 2.24) is 10.2 Å². The van der Waals surface area contributed by atoms with E-state index in [1.165, 1.54) is 25.7 Å². The predicted molar refractivity (Wildman–Crippen MR) is 73.9 cm³/mol. The third-order valence-electron chi connectivity index (χ3n) is 4.99. The molecular weight excluding hydrogens is 240 g/mol. The summed E-state index contributed by atoms with van der Waals surface area (Å²) in [5.41, 5.74) is 0. The smallest absolute Gasteiger partial charge is 0.223 e. The van der Waals surface area contributed by atoms with Crippen molar-refractivity contribution in [1.29, 1.82) is 0 Å². The summed E-state index contributed by atoms with van der Waals surface area (Å²) in [4.78, 5) is 14.6. The molecule has 3 aliphatic rings. The topological polar surface area (TPSA) is 41.6 Å². The summed E-state index contributed by atoms with van der Waals surface area (Å²) in [5.74, 6) is 0.933. The van der Waals surface area contributed by atoms with E-state index >= 15 is 0 Å². The van der Waals surface area contributed by atoms with Crippen LogP contribution in [0.5, 0.6) is 0 Å². The van der Waals surface area contributed by atoms with Gasteiger partial charge in [-0.25, -0.2) is 0 Å². The molecule has 0 aliphatic carbocycles. The first kappa shape index (κ1) is 13.4. The van der Waals surface area contributed by atoms with E-state index in [2.05, 4.69) is 24.1 Å². The summed E-state index contributed by atoms with van der Waals surface area (Å²) < 4.78 is 5.50. The van der Waals surface area contributed by atoms with Crippen LogP contribution in [-0.2, 0) is 9.53 Å². The Balaban J connectivity index is 1.58. The summed E-state index contributed by atoms with van der Waals surface area (Å²) in [6.45, 7) is 5.57. The van der Waals surface area contributed by atoms with Gasteiger partial charge in [-0.3, -0.25) is 4.79 Å². The fraction of sp³-hybridized carbons (Fsp3) is 0.933. The van der Waals surface area contributed by atoms with Crippen LogP contribution >= 0.6 is 0 Å². The highest BCUT2D eigenvalue weighted by Crippen LogP contribution is 2.33. The number of fused-ring (bicyclic) bond motifs is 2. The third-order valence-corrected chi connectivity index (χ3v) is 4.99. The molecule has 108 valence electrons. The van der Waals surface area contributed by atoms with Crippen molar-refractivity contribution in [2.75, 3.05) is 13.2 Å².